The first-order chi connectivity index (χ1) is 14.7. The molecule has 4 rings (SSSR count). The van der Waals surface area contributed by atoms with Crippen molar-refractivity contribution in [1.82, 2.24) is 5.32 Å². The Balaban J connectivity index is 1.54. The monoisotopic (exact) mass is 483 g/mol. The van der Waals surface area contributed by atoms with Gasteiger partial charge in [0, 0.05) is 11.4 Å². The smallest absolute Gasteiger partial charge is 0.261 e. The van der Waals surface area contributed by atoms with Crippen LogP contribution in [0.15, 0.2) is 35.3 Å². The Morgan fingerprint density at radius 1 is 1.29 bits per heavy atom. The van der Waals surface area contributed by atoms with Crippen LogP contribution in [0.1, 0.15) is 58.3 Å². The Kier molecular flexibility index (Phi) is 6.11. The van der Waals surface area contributed by atoms with Crippen LogP contribution in [0.4, 0.5) is 4.39 Å². The van der Waals surface area contributed by atoms with Crippen molar-refractivity contribution in [3.05, 3.63) is 56.5 Å². The van der Waals surface area contributed by atoms with Gasteiger partial charge in [0.2, 0.25) is 0 Å². The normalized spacial score (nSPS) is 22.1. The number of thiophene rings is 1. The van der Waals surface area contributed by atoms with E-state index in [-0.39, 0.29) is 34.9 Å². The molecule has 0 bridgehead atoms. The highest BCUT2D eigenvalue weighted by Crippen LogP contribution is 2.44. The van der Waals surface area contributed by atoms with Gasteiger partial charge < -0.3 is 11.1 Å². The standard InChI is InChI=1S/C21H23ClFN3O3S2/c22-15-10-17(19(27)25-11-13-5-4-6-14(23)9-13)30-18(15)16-12-31(28,29)21(20(24)26-16)7-2-1-3-8-21/h4-6,9-10,16H,1-3,7-8,11-12H2,(H2,24,26)(H,25,27)/t16-/m0/s1. The van der Waals surface area contributed by atoms with E-state index in [9.17, 15) is 17.6 Å². The third-order valence-electron chi connectivity index (χ3n) is 5.98. The fourth-order valence-corrected chi connectivity index (χ4v) is 8.10. The van der Waals surface area contributed by atoms with E-state index < -0.39 is 20.6 Å². The molecule has 1 aliphatic heterocycles. The van der Waals surface area contributed by atoms with Crippen LogP contribution in [0, 0.1) is 5.82 Å². The molecule has 0 radical (unpaired) electrons. The molecule has 0 unspecified atom stereocenters. The van der Waals surface area contributed by atoms with Crippen molar-refractivity contribution in [3.63, 3.8) is 0 Å². The van der Waals surface area contributed by atoms with Crippen LogP contribution in [0.5, 0.6) is 0 Å². The molecule has 2 aliphatic rings. The summed E-state index contributed by atoms with van der Waals surface area (Å²) < 4.78 is 38.6. The summed E-state index contributed by atoms with van der Waals surface area (Å²) in [7, 11) is -3.51. The number of amides is 1. The van der Waals surface area contributed by atoms with E-state index in [0.29, 0.717) is 28.2 Å². The zero-order chi connectivity index (χ0) is 22.2. The Labute approximate surface area is 189 Å². The molecule has 2 heterocycles. The second-order valence-electron chi connectivity index (χ2n) is 8.00. The maximum Gasteiger partial charge on any atom is 0.261 e. The van der Waals surface area contributed by atoms with Crippen LogP contribution >= 0.6 is 22.9 Å². The fourth-order valence-electron chi connectivity index (χ4n) is 4.31. The second kappa shape index (κ2) is 8.52. The molecule has 6 nitrogen and oxygen atoms in total. The molecule has 166 valence electrons. The Hall–Kier alpha value is -1.97. The van der Waals surface area contributed by atoms with Crippen molar-refractivity contribution in [2.45, 2.75) is 49.4 Å². The molecule has 10 heteroatoms. The summed E-state index contributed by atoms with van der Waals surface area (Å²) in [5, 5.41) is 3.01. The minimum atomic E-state index is -3.51. The van der Waals surface area contributed by atoms with Crippen LogP contribution in [0.3, 0.4) is 0 Å². The summed E-state index contributed by atoms with van der Waals surface area (Å²) in [6.45, 7) is 0.160. The van der Waals surface area contributed by atoms with E-state index in [0.717, 1.165) is 30.6 Å². The number of amidine groups is 1. The molecule has 2 aromatic rings. The minimum Gasteiger partial charge on any atom is -0.386 e. The predicted molar refractivity (Wildman–Crippen MR) is 121 cm³/mol. The van der Waals surface area contributed by atoms with Gasteiger partial charge in [-0.2, -0.15) is 0 Å². The van der Waals surface area contributed by atoms with Crippen LogP contribution in [0.2, 0.25) is 5.02 Å². The van der Waals surface area contributed by atoms with Gasteiger partial charge in [0.1, 0.15) is 22.4 Å². The van der Waals surface area contributed by atoms with Crippen molar-refractivity contribution < 1.29 is 17.6 Å². The summed E-state index contributed by atoms with van der Waals surface area (Å²) >= 11 is 7.46. The zero-order valence-corrected chi connectivity index (χ0v) is 19.1. The third kappa shape index (κ3) is 4.23. The lowest BCUT2D eigenvalue weighted by Gasteiger charge is -2.40. The molecule has 1 amide bonds. The lowest BCUT2D eigenvalue weighted by atomic mass is 9.87. The number of rotatable bonds is 4. The average Bonchev–Trinajstić information content (AvgIpc) is 3.12. The molecule has 0 saturated heterocycles. The number of carbonyl (C=O) groups excluding carboxylic acids is 1. The van der Waals surface area contributed by atoms with Gasteiger partial charge >= 0.3 is 0 Å². The zero-order valence-electron chi connectivity index (χ0n) is 16.7. The lowest BCUT2D eigenvalue weighted by Crippen LogP contribution is -2.55. The third-order valence-corrected chi connectivity index (χ3v) is 10.2. The van der Waals surface area contributed by atoms with Gasteiger partial charge in [-0.1, -0.05) is 43.0 Å². The SMILES string of the molecule is NC1=N[C@H](c2sc(C(=O)NCc3cccc(F)c3)cc2Cl)CS(=O)(=O)C12CCCCC2. The van der Waals surface area contributed by atoms with Crippen LogP contribution in [-0.4, -0.2) is 30.7 Å². The second-order valence-corrected chi connectivity index (χ2v) is 11.8. The van der Waals surface area contributed by atoms with Crippen LogP contribution < -0.4 is 11.1 Å². The van der Waals surface area contributed by atoms with E-state index in [1.54, 1.807) is 12.1 Å². The largest absolute Gasteiger partial charge is 0.386 e. The summed E-state index contributed by atoms with van der Waals surface area (Å²) in [4.78, 5) is 17.9. The van der Waals surface area contributed by atoms with Gasteiger partial charge in [-0.15, -0.1) is 11.3 Å². The van der Waals surface area contributed by atoms with Crippen molar-refractivity contribution in [1.29, 1.82) is 0 Å². The topological polar surface area (TPSA) is 102 Å². The number of nitrogens with one attached hydrogen (secondary N) is 1. The van der Waals surface area contributed by atoms with Crippen molar-refractivity contribution in [2.24, 2.45) is 10.7 Å². The fraction of sp³-hybridized carbons (Fsp3) is 0.429. The number of carbonyl (C=O) groups is 1. The average molecular weight is 484 g/mol. The Morgan fingerprint density at radius 2 is 2.03 bits per heavy atom. The quantitative estimate of drug-likeness (QED) is 0.686. The Bertz CT molecular complexity index is 1140. The molecule has 1 fully saturated rings. The number of aliphatic imine (C=N–C) groups is 1. The van der Waals surface area contributed by atoms with E-state index in [1.807, 2.05) is 0 Å². The number of nitrogens with two attached hydrogens (primary N) is 1. The summed E-state index contributed by atoms with van der Waals surface area (Å²) in [5.41, 5.74) is 6.84. The van der Waals surface area contributed by atoms with Gasteiger partial charge in [-0.3, -0.25) is 9.79 Å². The van der Waals surface area contributed by atoms with Crippen molar-refractivity contribution in [3.8, 4) is 0 Å². The predicted octanol–water partition coefficient (Wildman–Crippen LogP) is 4.00. The van der Waals surface area contributed by atoms with Gasteiger partial charge in [0.05, 0.1) is 15.7 Å². The molecule has 3 N–H and O–H groups in total. The van der Waals surface area contributed by atoms with E-state index in [2.05, 4.69) is 10.3 Å². The molecule has 1 atom stereocenters. The summed E-state index contributed by atoms with van der Waals surface area (Å²) in [6.07, 6.45) is 3.64. The van der Waals surface area contributed by atoms with E-state index in [1.165, 1.54) is 18.2 Å². The molecule has 1 aromatic heterocycles. The number of halogens is 2. The first-order valence-electron chi connectivity index (χ1n) is 10.1. The summed E-state index contributed by atoms with van der Waals surface area (Å²) in [6, 6.07) is 6.74. The number of nitrogens with zero attached hydrogens (tertiary/aromatic N) is 1. The molecule has 1 saturated carbocycles. The summed E-state index contributed by atoms with van der Waals surface area (Å²) in [5.74, 6) is -0.761. The number of hydrogen-bond acceptors (Lipinski definition) is 6. The van der Waals surface area contributed by atoms with E-state index >= 15 is 0 Å². The number of hydrogen-bond donors (Lipinski definition) is 2. The number of benzene rings is 1. The molecular formula is C21H23ClFN3O3S2. The molecule has 31 heavy (non-hydrogen) atoms. The van der Waals surface area contributed by atoms with Crippen LogP contribution in [-0.2, 0) is 16.4 Å². The van der Waals surface area contributed by atoms with Crippen molar-refractivity contribution in [2.75, 3.05) is 5.75 Å². The highest BCUT2D eigenvalue weighted by atomic mass is 35.5. The molecule has 1 aliphatic carbocycles. The number of sulfone groups is 1. The van der Waals surface area contributed by atoms with Gasteiger partial charge in [-0.05, 0) is 36.6 Å². The molecular weight excluding hydrogens is 461 g/mol. The highest BCUT2D eigenvalue weighted by Gasteiger charge is 2.51. The Morgan fingerprint density at radius 3 is 2.71 bits per heavy atom. The van der Waals surface area contributed by atoms with Gasteiger partial charge in [-0.25, -0.2) is 12.8 Å². The first-order valence-corrected chi connectivity index (χ1v) is 12.9. The van der Waals surface area contributed by atoms with Crippen molar-refractivity contribution >= 4 is 44.5 Å². The first kappa shape index (κ1) is 22.2. The highest BCUT2D eigenvalue weighted by molar-refractivity contribution is 7.93. The maximum atomic E-state index is 13.3. The lowest BCUT2D eigenvalue weighted by molar-refractivity contribution is 0.0955. The van der Waals surface area contributed by atoms with Gasteiger partial charge in [0.15, 0.2) is 9.84 Å². The molecule has 1 aromatic carbocycles. The van der Waals surface area contributed by atoms with E-state index in [4.69, 9.17) is 17.3 Å². The molecule has 1 spiro atoms. The van der Waals surface area contributed by atoms with Crippen LogP contribution in [0.25, 0.3) is 0 Å². The van der Waals surface area contributed by atoms with Gasteiger partial charge in [0.25, 0.3) is 5.91 Å². The maximum absolute atomic E-state index is 13.3. The minimum absolute atomic E-state index is 0.157.